The predicted molar refractivity (Wildman–Crippen MR) is 69.0 cm³/mol. The molecule has 0 spiro atoms. The molecule has 0 atom stereocenters. The van der Waals surface area contributed by atoms with Crippen molar-refractivity contribution in [3.8, 4) is 0 Å². The number of halogens is 2. The number of benzene rings is 1. The average molecular weight is 290 g/mol. The second-order valence-electron chi connectivity index (χ2n) is 3.79. The summed E-state index contributed by atoms with van der Waals surface area (Å²) in [6.07, 6.45) is 0. The summed E-state index contributed by atoms with van der Waals surface area (Å²) in [6.45, 7) is 6.23. The molecule has 0 aliphatic carbocycles. The summed E-state index contributed by atoms with van der Waals surface area (Å²) in [5, 5.41) is 4.18. The van der Waals surface area contributed by atoms with Crippen LogP contribution in [0.25, 0.3) is 0 Å². The Morgan fingerprint density at radius 1 is 1.33 bits per heavy atom. The van der Waals surface area contributed by atoms with E-state index in [1.807, 2.05) is 6.07 Å². The highest BCUT2D eigenvalue weighted by Gasteiger charge is 2.15. The first-order valence-electron chi connectivity index (χ1n) is 5.10. The van der Waals surface area contributed by atoms with Gasteiger partial charge in [0.1, 0.15) is 0 Å². The van der Waals surface area contributed by atoms with Crippen molar-refractivity contribution in [1.82, 2.24) is 5.32 Å². The van der Waals surface area contributed by atoms with Gasteiger partial charge in [0.2, 0.25) is 0 Å². The molecule has 0 saturated carbocycles. The molecule has 1 heterocycles. The maximum absolute atomic E-state index is 6.28. The van der Waals surface area contributed by atoms with E-state index >= 15 is 0 Å². The summed E-state index contributed by atoms with van der Waals surface area (Å²) in [6, 6.07) is 4.08. The molecule has 0 radical (unpaired) electrons. The van der Waals surface area contributed by atoms with Gasteiger partial charge in [-0.1, -0.05) is 27.5 Å². The molecule has 1 fully saturated rings. The van der Waals surface area contributed by atoms with Crippen molar-refractivity contribution < 1.29 is 0 Å². The molecule has 0 bridgehead atoms. The number of hydrogen-bond acceptors (Lipinski definition) is 2. The fraction of sp³-hybridized carbons (Fsp3) is 0.455. The lowest BCUT2D eigenvalue weighted by molar-refractivity contribution is 0.588. The molecule has 2 rings (SSSR count). The zero-order valence-corrected chi connectivity index (χ0v) is 11.0. The first-order valence-corrected chi connectivity index (χ1v) is 6.27. The van der Waals surface area contributed by atoms with Gasteiger partial charge >= 0.3 is 0 Å². The first-order chi connectivity index (χ1) is 7.18. The number of aryl methyl sites for hydroxylation is 1. The topological polar surface area (TPSA) is 15.3 Å². The fourth-order valence-corrected chi connectivity index (χ4v) is 3.07. The van der Waals surface area contributed by atoms with Crippen LogP contribution in [0, 0.1) is 6.92 Å². The van der Waals surface area contributed by atoms with Gasteiger partial charge in [-0.05, 0) is 24.6 Å². The van der Waals surface area contributed by atoms with E-state index in [-0.39, 0.29) is 0 Å². The maximum Gasteiger partial charge on any atom is 0.0653 e. The summed E-state index contributed by atoms with van der Waals surface area (Å²) >= 11 is 9.73. The monoisotopic (exact) mass is 288 g/mol. The lowest BCUT2D eigenvalue weighted by Crippen LogP contribution is -2.43. The quantitative estimate of drug-likeness (QED) is 0.855. The number of nitrogens with zero attached hydrogens (tertiary/aromatic N) is 1. The molecule has 0 aromatic heterocycles. The van der Waals surface area contributed by atoms with E-state index in [0.717, 1.165) is 35.7 Å². The number of hydrogen-bond donors (Lipinski definition) is 1. The summed E-state index contributed by atoms with van der Waals surface area (Å²) in [5.74, 6) is 0. The van der Waals surface area contributed by atoms with Crippen LogP contribution in [-0.2, 0) is 0 Å². The molecule has 82 valence electrons. The van der Waals surface area contributed by atoms with Crippen LogP contribution >= 0.6 is 27.5 Å². The molecule has 1 saturated heterocycles. The van der Waals surface area contributed by atoms with Crippen LogP contribution in [0.1, 0.15) is 5.56 Å². The van der Waals surface area contributed by atoms with Crippen LogP contribution in [0.4, 0.5) is 5.69 Å². The molecule has 0 unspecified atom stereocenters. The van der Waals surface area contributed by atoms with Gasteiger partial charge in [-0.25, -0.2) is 0 Å². The molecule has 1 aromatic carbocycles. The van der Waals surface area contributed by atoms with E-state index in [1.54, 1.807) is 0 Å². The molecule has 4 heteroatoms. The Morgan fingerprint density at radius 3 is 2.60 bits per heavy atom. The van der Waals surface area contributed by atoms with Gasteiger partial charge in [0, 0.05) is 30.7 Å². The SMILES string of the molecule is Cc1cc(Br)cc(Cl)c1N1CCNCC1. The van der Waals surface area contributed by atoms with Crippen molar-refractivity contribution in [3.05, 3.63) is 27.2 Å². The molecular formula is C11H14BrClN2. The Morgan fingerprint density at radius 2 is 2.00 bits per heavy atom. The second-order valence-corrected chi connectivity index (χ2v) is 5.11. The summed E-state index contributed by atoms with van der Waals surface area (Å²) in [5.41, 5.74) is 2.41. The smallest absolute Gasteiger partial charge is 0.0653 e. The minimum atomic E-state index is 0.837. The second kappa shape index (κ2) is 4.73. The summed E-state index contributed by atoms with van der Waals surface area (Å²) < 4.78 is 1.05. The van der Waals surface area contributed by atoms with E-state index in [1.165, 1.54) is 11.3 Å². The molecule has 1 aromatic rings. The zero-order valence-electron chi connectivity index (χ0n) is 8.69. The van der Waals surface area contributed by atoms with Crippen molar-refractivity contribution in [2.24, 2.45) is 0 Å². The predicted octanol–water partition coefficient (Wildman–Crippen LogP) is 2.82. The van der Waals surface area contributed by atoms with Crippen LogP contribution in [-0.4, -0.2) is 26.2 Å². The minimum Gasteiger partial charge on any atom is -0.368 e. The Kier molecular flexibility index (Phi) is 3.54. The third-order valence-electron chi connectivity index (χ3n) is 2.65. The van der Waals surface area contributed by atoms with Gasteiger partial charge in [0.15, 0.2) is 0 Å². The molecule has 15 heavy (non-hydrogen) atoms. The van der Waals surface area contributed by atoms with Crippen molar-refractivity contribution in [2.45, 2.75) is 6.92 Å². The summed E-state index contributed by atoms with van der Waals surface area (Å²) in [4.78, 5) is 2.35. The Labute approximate surface area is 104 Å². The molecule has 1 N–H and O–H groups in total. The lowest BCUT2D eigenvalue weighted by atomic mass is 10.1. The van der Waals surface area contributed by atoms with Gasteiger partial charge in [0.05, 0.1) is 10.7 Å². The highest BCUT2D eigenvalue weighted by Crippen LogP contribution is 2.32. The van der Waals surface area contributed by atoms with Gasteiger partial charge in [-0.15, -0.1) is 0 Å². The molecule has 1 aliphatic rings. The Bertz CT molecular complexity index is 339. The van der Waals surface area contributed by atoms with E-state index in [9.17, 15) is 0 Å². The van der Waals surface area contributed by atoms with E-state index in [2.05, 4.69) is 39.1 Å². The number of anilines is 1. The van der Waals surface area contributed by atoms with Crippen molar-refractivity contribution >= 4 is 33.2 Å². The molecule has 0 amide bonds. The van der Waals surface area contributed by atoms with E-state index < -0.39 is 0 Å². The largest absolute Gasteiger partial charge is 0.368 e. The van der Waals surface area contributed by atoms with Gasteiger partial charge < -0.3 is 10.2 Å². The van der Waals surface area contributed by atoms with Gasteiger partial charge in [0.25, 0.3) is 0 Å². The summed E-state index contributed by atoms with van der Waals surface area (Å²) in [7, 11) is 0. The van der Waals surface area contributed by atoms with E-state index in [4.69, 9.17) is 11.6 Å². The van der Waals surface area contributed by atoms with Crippen LogP contribution in [0.2, 0.25) is 5.02 Å². The van der Waals surface area contributed by atoms with E-state index in [0.29, 0.717) is 0 Å². The van der Waals surface area contributed by atoms with Crippen LogP contribution < -0.4 is 10.2 Å². The minimum absolute atomic E-state index is 0.837. The molecule has 2 nitrogen and oxygen atoms in total. The first kappa shape index (κ1) is 11.2. The van der Waals surface area contributed by atoms with Crippen LogP contribution in [0.5, 0.6) is 0 Å². The highest BCUT2D eigenvalue weighted by molar-refractivity contribution is 9.10. The van der Waals surface area contributed by atoms with Crippen molar-refractivity contribution in [2.75, 3.05) is 31.1 Å². The Balaban J connectivity index is 2.33. The molecule has 1 aliphatic heterocycles. The Hall–Kier alpha value is -0.250. The standard InChI is InChI=1S/C11H14BrClN2/c1-8-6-9(12)7-10(13)11(8)15-4-2-14-3-5-15/h6-7,14H,2-5H2,1H3. The highest BCUT2D eigenvalue weighted by atomic mass is 79.9. The zero-order chi connectivity index (χ0) is 10.8. The van der Waals surface area contributed by atoms with Crippen molar-refractivity contribution in [1.29, 1.82) is 0 Å². The number of nitrogens with one attached hydrogen (secondary N) is 1. The number of piperazine rings is 1. The normalized spacial score (nSPS) is 16.9. The number of rotatable bonds is 1. The lowest BCUT2D eigenvalue weighted by Gasteiger charge is -2.31. The van der Waals surface area contributed by atoms with Crippen LogP contribution in [0.3, 0.4) is 0 Å². The van der Waals surface area contributed by atoms with Crippen molar-refractivity contribution in [3.63, 3.8) is 0 Å². The van der Waals surface area contributed by atoms with Crippen LogP contribution in [0.15, 0.2) is 16.6 Å². The average Bonchev–Trinajstić information content (AvgIpc) is 2.17. The molecular weight excluding hydrogens is 275 g/mol. The third-order valence-corrected chi connectivity index (χ3v) is 3.40. The third kappa shape index (κ3) is 2.47. The van der Waals surface area contributed by atoms with Gasteiger partial charge in [-0.2, -0.15) is 0 Å². The fourth-order valence-electron chi connectivity index (χ4n) is 1.98. The van der Waals surface area contributed by atoms with Gasteiger partial charge in [-0.3, -0.25) is 0 Å². The maximum atomic E-state index is 6.28.